The predicted octanol–water partition coefficient (Wildman–Crippen LogP) is 3.84. The topological polar surface area (TPSA) is 71.8 Å². The van der Waals surface area contributed by atoms with Crippen molar-refractivity contribution >= 4 is 11.7 Å². The van der Waals surface area contributed by atoms with Crippen molar-refractivity contribution in [2.45, 2.75) is 65.0 Å². The molecule has 0 spiro atoms. The van der Waals surface area contributed by atoms with Gasteiger partial charge < -0.3 is 10.6 Å². The van der Waals surface area contributed by atoms with Gasteiger partial charge in [0, 0.05) is 37.5 Å². The van der Waals surface area contributed by atoms with Crippen LogP contribution in [0.3, 0.4) is 0 Å². The lowest BCUT2D eigenvalue weighted by atomic mass is 9.92. The minimum atomic E-state index is -2.56. The van der Waals surface area contributed by atoms with Crippen molar-refractivity contribution in [2.75, 3.05) is 5.32 Å². The van der Waals surface area contributed by atoms with Crippen LogP contribution in [0.1, 0.15) is 50.8 Å². The molecule has 0 unspecified atom stereocenters. The van der Waals surface area contributed by atoms with Crippen LogP contribution >= 0.6 is 0 Å². The van der Waals surface area contributed by atoms with Gasteiger partial charge in [0.15, 0.2) is 5.82 Å². The third-order valence-corrected chi connectivity index (χ3v) is 4.89. The Morgan fingerprint density at radius 1 is 1.32 bits per heavy atom. The zero-order valence-electron chi connectivity index (χ0n) is 16.5. The molecule has 152 valence electrons. The Morgan fingerprint density at radius 3 is 2.64 bits per heavy atom. The fraction of sp³-hybridized carbons (Fsp3) is 0.550. The molecule has 1 aliphatic rings. The van der Waals surface area contributed by atoms with Gasteiger partial charge in [-0.2, -0.15) is 5.10 Å². The molecule has 1 amide bonds. The molecular weight excluding hydrogens is 364 g/mol. The minimum Gasteiger partial charge on any atom is -0.367 e. The van der Waals surface area contributed by atoms with E-state index in [4.69, 9.17) is 0 Å². The fourth-order valence-corrected chi connectivity index (χ4v) is 3.19. The molecule has 1 fully saturated rings. The lowest BCUT2D eigenvalue weighted by Crippen LogP contribution is -2.32. The summed E-state index contributed by atoms with van der Waals surface area (Å²) in [5, 5.41) is 10.6. The fourth-order valence-electron chi connectivity index (χ4n) is 3.19. The van der Waals surface area contributed by atoms with Crippen LogP contribution in [-0.2, 0) is 11.3 Å². The first-order valence-electron chi connectivity index (χ1n) is 9.67. The van der Waals surface area contributed by atoms with E-state index in [9.17, 15) is 13.6 Å². The molecule has 0 radical (unpaired) electrons. The monoisotopic (exact) mass is 391 g/mol. The molecule has 0 saturated heterocycles. The first-order chi connectivity index (χ1) is 13.2. The lowest BCUT2D eigenvalue weighted by molar-refractivity contribution is -0.124. The van der Waals surface area contributed by atoms with E-state index in [2.05, 4.69) is 20.7 Å². The second kappa shape index (κ2) is 8.24. The summed E-state index contributed by atoms with van der Waals surface area (Å²) in [6, 6.07) is 5.56. The Balaban J connectivity index is 1.79. The molecule has 28 heavy (non-hydrogen) atoms. The number of hydrogen-bond acceptors (Lipinski definition) is 4. The number of hydrogen-bond donors (Lipinski definition) is 2. The molecule has 8 heteroatoms. The summed E-state index contributed by atoms with van der Waals surface area (Å²) in [6.45, 7) is 5.94. The second-order valence-corrected chi connectivity index (χ2v) is 7.77. The zero-order chi connectivity index (χ0) is 20.3. The third kappa shape index (κ3) is 5.27. The SMILES string of the molecule is Cc1ccn(-c2cc(CNC(=O)C(C)C)cc(NC3CCC(F)(F)CC3)n2)n1. The lowest BCUT2D eigenvalue weighted by Gasteiger charge is -2.29. The molecule has 6 nitrogen and oxygen atoms in total. The van der Waals surface area contributed by atoms with Crippen molar-refractivity contribution < 1.29 is 13.6 Å². The summed E-state index contributed by atoms with van der Waals surface area (Å²) in [5.74, 6) is -1.47. The molecule has 3 rings (SSSR count). The van der Waals surface area contributed by atoms with Crippen LogP contribution in [0.5, 0.6) is 0 Å². The minimum absolute atomic E-state index is 0.0303. The summed E-state index contributed by atoms with van der Waals surface area (Å²) < 4.78 is 28.5. The van der Waals surface area contributed by atoms with Gasteiger partial charge in [-0.25, -0.2) is 18.4 Å². The van der Waals surface area contributed by atoms with Crippen LogP contribution in [-0.4, -0.2) is 32.6 Å². The van der Waals surface area contributed by atoms with Crippen LogP contribution in [0.25, 0.3) is 5.82 Å². The number of anilines is 1. The first kappa shape index (κ1) is 20.2. The van der Waals surface area contributed by atoms with Crippen LogP contribution in [0.2, 0.25) is 0 Å². The average molecular weight is 391 g/mol. The largest absolute Gasteiger partial charge is 0.367 e. The number of halogens is 2. The van der Waals surface area contributed by atoms with Gasteiger partial charge in [0.05, 0.1) is 5.69 Å². The molecule has 0 bridgehead atoms. The van der Waals surface area contributed by atoms with Crippen LogP contribution in [0, 0.1) is 12.8 Å². The maximum atomic E-state index is 13.4. The molecule has 1 saturated carbocycles. The van der Waals surface area contributed by atoms with Gasteiger partial charge in [-0.15, -0.1) is 0 Å². The Hall–Kier alpha value is -2.51. The number of aryl methyl sites for hydroxylation is 1. The van der Waals surface area contributed by atoms with Gasteiger partial charge >= 0.3 is 0 Å². The third-order valence-electron chi connectivity index (χ3n) is 4.89. The van der Waals surface area contributed by atoms with Gasteiger partial charge in [-0.05, 0) is 43.5 Å². The van der Waals surface area contributed by atoms with E-state index >= 15 is 0 Å². The van der Waals surface area contributed by atoms with Gasteiger partial charge in [0.2, 0.25) is 11.8 Å². The summed E-state index contributed by atoms with van der Waals surface area (Å²) >= 11 is 0. The Bertz CT molecular complexity index is 824. The normalized spacial score (nSPS) is 16.9. The number of aromatic nitrogens is 3. The highest BCUT2D eigenvalue weighted by Gasteiger charge is 2.35. The van der Waals surface area contributed by atoms with E-state index < -0.39 is 5.92 Å². The molecular formula is C20H27F2N5O. The van der Waals surface area contributed by atoms with Crippen molar-refractivity contribution in [1.82, 2.24) is 20.1 Å². The number of rotatable bonds is 6. The van der Waals surface area contributed by atoms with Crippen molar-refractivity contribution in [3.8, 4) is 5.82 Å². The van der Waals surface area contributed by atoms with Gasteiger partial charge in [-0.3, -0.25) is 4.79 Å². The summed E-state index contributed by atoms with van der Waals surface area (Å²) in [5.41, 5.74) is 1.74. The molecule has 2 N–H and O–H groups in total. The molecule has 0 aromatic carbocycles. The smallest absolute Gasteiger partial charge is 0.248 e. The van der Waals surface area contributed by atoms with Crippen molar-refractivity contribution in [2.24, 2.45) is 5.92 Å². The second-order valence-electron chi connectivity index (χ2n) is 7.77. The number of pyridine rings is 1. The predicted molar refractivity (Wildman–Crippen MR) is 104 cm³/mol. The number of carbonyl (C=O) groups is 1. The van der Waals surface area contributed by atoms with Gasteiger partial charge in [-0.1, -0.05) is 13.8 Å². The molecule has 2 aromatic heterocycles. The van der Waals surface area contributed by atoms with E-state index in [1.54, 1.807) is 4.68 Å². The van der Waals surface area contributed by atoms with Crippen LogP contribution in [0.15, 0.2) is 24.4 Å². The maximum Gasteiger partial charge on any atom is 0.248 e. The molecule has 0 atom stereocenters. The first-order valence-corrected chi connectivity index (χ1v) is 9.67. The molecule has 2 aromatic rings. The highest BCUT2D eigenvalue weighted by atomic mass is 19.3. The highest BCUT2D eigenvalue weighted by Crippen LogP contribution is 2.34. The van der Waals surface area contributed by atoms with Gasteiger partial charge in [0.1, 0.15) is 5.82 Å². The van der Waals surface area contributed by atoms with Crippen molar-refractivity contribution in [3.63, 3.8) is 0 Å². The van der Waals surface area contributed by atoms with E-state index in [1.165, 1.54) is 0 Å². The van der Waals surface area contributed by atoms with Crippen LogP contribution < -0.4 is 10.6 Å². The highest BCUT2D eigenvalue weighted by molar-refractivity contribution is 5.77. The quantitative estimate of drug-likeness (QED) is 0.785. The van der Waals surface area contributed by atoms with Crippen molar-refractivity contribution in [1.29, 1.82) is 0 Å². The number of carbonyl (C=O) groups excluding carboxylic acids is 1. The van der Waals surface area contributed by atoms with E-state index in [1.807, 2.05) is 45.2 Å². The number of alkyl halides is 2. The standard InChI is InChI=1S/C20H27F2N5O/c1-13(2)19(28)23-12-15-10-17(24-16-4-7-20(21,22)8-5-16)25-18(11-15)27-9-6-14(3)26-27/h6,9-11,13,16H,4-5,7-8,12H2,1-3H3,(H,23,28)(H,24,25). The van der Waals surface area contributed by atoms with E-state index in [0.717, 1.165) is 11.3 Å². The summed E-state index contributed by atoms with van der Waals surface area (Å²) in [6.07, 6.45) is 2.40. The van der Waals surface area contributed by atoms with Gasteiger partial charge in [0.25, 0.3) is 0 Å². The zero-order valence-corrected chi connectivity index (χ0v) is 16.5. The number of amides is 1. The summed E-state index contributed by atoms with van der Waals surface area (Å²) in [4.78, 5) is 16.5. The Kier molecular flexibility index (Phi) is 5.96. The number of nitrogens with zero attached hydrogens (tertiary/aromatic N) is 3. The molecule has 0 aliphatic heterocycles. The summed E-state index contributed by atoms with van der Waals surface area (Å²) in [7, 11) is 0. The Labute approximate surface area is 163 Å². The van der Waals surface area contributed by atoms with Crippen LogP contribution in [0.4, 0.5) is 14.6 Å². The molecule has 1 aliphatic carbocycles. The number of nitrogens with one attached hydrogen (secondary N) is 2. The van der Waals surface area contributed by atoms with E-state index in [0.29, 0.717) is 31.0 Å². The maximum absolute atomic E-state index is 13.4. The molecule has 2 heterocycles. The average Bonchev–Trinajstić information content (AvgIpc) is 3.08. The van der Waals surface area contributed by atoms with E-state index in [-0.39, 0.29) is 30.7 Å². The Morgan fingerprint density at radius 2 is 2.04 bits per heavy atom. The van der Waals surface area contributed by atoms with Crippen molar-refractivity contribution in [3.05, 3.63) is 35.7 Å².